The van der Waals surface area contributed by atoms with Crippen LogP contribution in [0.3, 0.4) is 0 Å². The third-order valence-corrected chi connectivity index (χ3v) is 24.0. The number of anilines is 8. The second-order valence-electron chi connectivity index (χ2n) is 30.0. The number of benzene rings is 2. The summed E-state index contributed by atoms with van der Waals surface area (Å²) >= 11 is 2.54. The molecule has 4 unspecified atom stereocenters. The van der Waals surface area contributed by atoms with E-state index in [0.717, 1.165) is 159 Å². The molecule has 37 heteroatoms. The number of fused-ring (bicyclic) bond motifs is 2. The number of nitrogens with two attached hydrogens (primary N) is 2. The fourth-order valence-corrected chi connectivity index (χ4v) is 17.7. The van der Waals surface area contributed by atoms with Gasteiger partial charge in [0.05, 0.1) is 46.0 Å². The molecule has 4 aromatic heterocycles. The highest BCUT2D eigenvalue weighted by Gasteiger charge is 2.47. The Hall–Kier alpha value is -11.3. The van der Waals surface area contributed by atoms with Crippen LogP contribution in [0, 0.1) is 25.7 Å². The summed E-state index contributed by atoms with van der Waals surface area (Å²) in [4.78, 5) is 192. The van der Waals surface area contributed by atoms with Crippen LogP contribution < -0.4 is 68.3 Å². The van der Waals surface area contributed by atoms with Crippen molar-refractivity contribution in [3.63, 3.8) is 0 Å². The van der Waals surface area contributed by atoms with E-state index in [0.29, 0.717) is 62.5 Å². The monoisotopic (exact) mass is 1580 g/mol. The van der Waals surface area contributed by atoms with E-state index in [1.165, 1.54) is 23.1 Å². The Morgan fingerprint density at radius 1 is 0.478 bits per heavy atom. The quantitative estimate of drug-likeness (QED) is 0.0591. The number of likely N-dealkylation sites (tertiary alicyclic amines) is 1. The molecule has 0 saturated carbocycles. The molecule has 0 aliphatic carbocycles. The second kappa shape index (κ2) is 34.3. The molecule has 16 rings (SSSR count). The SMILES string of the molecule is Cc1cc(Nc2nc(N3CCCC(NC(=O)C4CCN(C5CCN(c6ccc7c(c6)C(=O)N(C6CCC(=O)NC6=O)C7=O)CC5)CC4)C3)cnc2C(N)=O)sn1.Cc1cc(Nc2nc(N3CCCC(NC(=O)C4CCNCC4)C3)cnc2C(N)=O)sn1.O=C1CCN(c2ccc3c(c2)C(=O)N(C2CCC(=O)NC2=O)C3=O)CC1. The number of Topliss-reactive ketones (excluding diaryl/α,β-unsaturated/α-hetero) is 1. The fraction of sp³-hybridized carbons (Fsp3) is 0.487. The molecular formula is C76H90N22O13S2. The molecule has 8 saturated heterocycles. The van der Waals surface area contributed by atoms with Crippen LogP contribution in [-0.4, -0.2) is 229 Å². The minimum atomic E-state index is -0.987. The van der Waals surface area contributed by atoms with Crippen LogP contribution in [0.4, 0.5) is 44.6 Å². The summed E-state index contributed by atoms with van der Waals surface area (Å²) in [6.45, 7) is 12.8. The number of hydrogen-bond acceptors (Lipinski definition) is 29. The number of aryl methyl sites for hydroxylation is 2. The van der Waals surface area contributed by atoms with Gasteiger partial charge in [0, 0.05) is 119 Å². The summed E-state index contributed by atoms with van der Waals surface area (Å²) in [7, 11) is 0. The van der Waals surface area contributed by atoms with E-state index in [2.05, 4.69) is 80.5 Å². The lowest BCUT2D eigenvalue weighted by atomic mass is 9.92. The second-order valence-corrected chi connectivity index (χ2v) is 31.6. The molecular weight excluding hydrogens is 1490 g/mol. The van der Waals surface area contributed by atoms with E-state index in [1.54, 1.807) is 42.7 Å². The first-order valence-corrected chi connectivity index (χ1v) is 40.0. The number of aromatic nitrogens is 6. The Bertz CT molecular complexity index is 4750. The van der Waals surface area contributed by atoms with Gasteiger partial charge in [-0.1, -0.05) is 0 Å². The number of imide groups is 4. The molecule has 10 aliphatic rings. The molecule has 10 aliphatic heterocycles. The van der Waals surface area contributed by atoms with Crippen LogP contribution in [0.1, 0.15) is 177 Å². The van der Waals surface area contributed by atoms with Crippen molar-refractivity contribution in [3.05, 3.63) is 106 Å². The number of amides is 12. The van der Waals surface area contributed by atoms with Gasteiger partial charge < -0.3 is 62.6 Å². The van der Waals surface area contributed by atoms with Crippen LogP contribution in [0.15, 0.2) is 60.9 Å². The molecule has 4 atom stereocenters. The first-order chi connectivity index (χ1) is 54.5. The topological polar surface area (TPSA) is 458 Å². The van der Waals surface area contributed by atoms with Gasteiger partial charge in [-0.2, -0.15) is 8.75 Å². The molecule has 0 spiro atoms. The Labute approximate surface area is 658 Å². The molecule has 594 valence electrons. The standard InChI is InChI=1S/C38H45N11O6S.C20H28N8O2S.C18H17N3O5/c1-21-17-31(56-45-21)44-34-32(33(39)51)40-19-29(42-34)48-12-2-3-23(20-48)41-35(52)22-8-13-46(14-9-22)24-10-15-47(16-11-24)25-4-5-26-27(18-25)38(55)49(37(26)54)28-6-7-30(50)43-36(28)53;1-12-9-16(31-27-12)26-19-17(18(21)29)23-10-15(25-19)28-8-2-3-14(11-28)24-20(30)13-4-6-22-7-5-13;22-11-5-7-20(8-6-11)10-1-2-12-13(9-10)18(26)21(17(12)25)14-3-4-15(23)19-16(14)24/h4-5,17-19,22-24,28H,2-3,6-16,20H2,1H3,(H2,39,51)(H,41,52)(H,42,44)(H,43,50,53);9-10,13-14,22H,2-8,11H2,1H3,(H2,21,29)(H,24,30)(H,25,26);1-2,9,14H,3-8H2,(H,19,23,24). The van der Waals surface area contributed by atoms with Crippen molar-refractivity contribution in [2.45, 2.75) is 147 Å². The number of rotatable bonds is 17. The Morgan fingerprint density at radius 2 is 0.912 bits per heavy atom. The zero-order valence-corrected chi connectivity index (χ0v) is 64.3. The van der Waals surface area contributed by atoms with E-state index in [1.807, 2.05) is 36.9 Å². The molecule has 0 bridgehead atoms. The van der Waals surface area contributed by atoms with Crippen molar-refractivity contribution in [3.8, 4) is 0 Å². The molecule has 14 heterocycles. The van der Waals surface area contributed by atoms with Gasteiger partial charge in [-0.15, -0.1) is 0 Å². The van der Waals surface area contributed by atoms with Gasteiger partial charge in [0.2, 0.25) is 35.4 Å². The van der Waals surface area contributed by atoms with Gasteiger partial charge in [0.1, 0.15) is 39.5 Å². The van der Waals surface area contributed by atoms with Crippen molar-refractivity contribution in [1.29, 1.82) is 0 Å². The molecule has 11 N–H and O–H groups in total. The Kier molecular flexibility index (Phi) is 23.8. The van der Waals surface area contributed by atoms with Crippen LogP contribution in [0.2, 0.25) is 0 Å². The van der Waals surface area contributed by atoms with Crippen LogP contribution in [-0.2, 0) is 33.6 Å². The molecule has 2 aromatic carbocycles. The average Bonchev–Trinajstić information content (AvgIpc) is 1.61. The van der Waals surface area contributed by atoms with Crippen LogP contribution in [0.25, 0.3) is 0 Å². The van der Waals surface area contributed by atoms with Gasteiger partial charge in [0.25, 0.3) is 35.4 Å². The van der Waals surface area contributed by atoms with E-state index >= 15 is 0 Å². The van der Waals surface area contributed by atoms with Gasteiger partial charge in [-0.3, -0.25) is 82.8 Å². The number of carbonyl (C=O) groups excluding carboxylic acids is 13. The maximum Gasteiger partial charge on any atom is 0.271 e. The van der Waals surface area contributed by atoms with Crippen LogP contribution in [0.5, 0.6) is 0 Å². The van der Waals surface area contributed by atoms with Crippen molar-refractivity contribution in [2.75, 3.05) is 109 Å². The molecule has 12 amide bonds. The highest BCUT2D eigenvalue weighted by molar-refractivity contribution is 7.10. The maximum atomic E-state index is 13.5. The highest BCUT2D eigenvalue weighted by Crippen LogP contribution is 2.36. The lowest BCUT2D eigenvalue weighted by Gasteiger charge is -2.42. The average molecular weight is 1580 g/mol. The number of nitrogens with one attached hydrogen (secondary N) is 7. The zero-order chi connectivity index (χ0) is 79.3. The Balaban J connectivity index is 0.000000156. The van der Waals surface area contributed by atoms with Crippen molar-refractivity contribution in [1.82, 2.24) is 70.0 Å². The Morgan fingerprint density at radius 3 is 1.34 bits per heavy atom. The van der Waals surface area contributed by atoms with E-state index in [-0.39, 0.29) is 107 Å². The molecule has 113 heavy (non-hydrogen) atoms. The largest absolute Gasteiger partial charge is 0.371 e. The number of nitrogens with zero attached hydrogens (tertiary/aromatic N) is 13. The minimum Gasteiger partial charge on any atom is -0.371 e. The number of piperidine rings is 8. The summed E-state index contributed by atoms with van der Waals surface area (Å²) in [6.07, 6.45) is 13.3. The van der Waals surface area contributed by atoms with Gasteiger partial charge in [-0.05, 0) is 189 Å². The molecule has 8 fully saturated rings. The third kappa shape index (κ3) is 17.8. The lowest BCUT2D eigenvalue weighted by Crippen LogP contribution is -2.54. The van der Waals surface area contributed by atoms with Gasteiger partial charge in [0.15, 0.2) is 23.0 Å². The van der Waals surface area contributed by atoms with E-state index < -0.39 is 71.2 Å². The highest BCUT2D eigenvalue weighted by atomic mass is 32.1. The summed E-state index contributed by atoms with van der Waals surface area (Å²) in [5, 5.41) is 22.0. The van der Waals surface area contributed by atoms with Crippen molar-refractivity contribution >= 4 is 144 Å². The summed E-state index contributed by atoms with van der Waals surface area (Å²) < 4.78 is 8.51. The zero-order valence-electron chi connectivity index (χ0n) is 62.7. The number of hydrogen-bond donors (Lipinski definition) is 9. The van der Waals surface area contributed by atoms with Gasteiger partial charge in [-0.25, -0.2) is 19.9 Å². The molecule has 0 radical (unpaired) electrons. The van der Waals surface area contributed by atoms with Gasteiger partial charge >= 0.3 is 0 Å². The predicted molar refractivity (Wildman–Crippen MR) is 416 cm³/mol. The maximum absolute atomic E-state index is 13.5. The third-order valence-electron chi connectivity index (χ3n) is 22.4. The molecule has 6 aromatic rings. The van der Waals surface area contributed by atoms with Crippen LogP contribution >= 0.6 is 23.1 Å². The van der Waals surface area contributed by atoms with E-state index in [4.69, 9.17) is 16.5 Å². The van der Waals surface area contributed by atoms with E-state index in [9.17, 15) is 62.3 Å². The first kappa shape index (κ1) is 78.4. The summed E-state index contributed by atoms with van der Waals surface area (Å²) in [6, 6.07) is 12.5. The minimum absolute atomic E-state index is 0.0371. The predicted octanol–water partition coefficient (Wildman–Crippen LogP) is 3.38. The number of primary amides is 2. The normalized spacial score (nSPS) is 22.0. The fourth-order valence-electron chi connectivity index (χ4n) is 16.3. The van der Waals surface area contributed by atoms with Crippen molar-refractivity contribution < 1.29 is 62.3 Å². The first-order valence-electron chi connectivity index (χ1n) is 38.5. The number of carbonyl (C=O) groups is 13. The summed E-state index contributed by atoms with van der Waals surface area (Å²) in [5.74, 6) is -3.07. The summed E-state index contributed by atoms with van der Waals surface area (Å²) in [5.41, 5.74) is 15.7. The number of ketones is 1. The smallest absolute Gasteiger partial charge is 0.271 e. The lowest BCUT2D eigenvalue weighted by molar-refractivity contribution is -0.137. The molecule has 35 nitrogen and oxygen atoms in total. The van der Waals surface area contributed by atoms with Crippen molar-refractivity contribution in [2.24, 2.45) is 23.3 Å².